The second-order valence-electron chi connectivity index (χ2n) is 7.05. The summed E-state index contributed by atoms with van der Waals surface area (Å²) in [6, 6.07) is 23.1. The monoisotopic (exact) mass is 443 g/mol. The average Bonchev–Trinajstić information content (AvgIpc) is 3.08. The van der Waals surface area contributed by atoms with Crippen molar-refractivity contribution in [3.05, 3.63) is 94.5 Å². The van der Waals surface area contributed by atoms with Crippen molar-refractivity contribution in [2.24, 2.45) is 0 Å². The summed E-state index contributed by atoms with van der Waals surface area (Å²) in [5.74, 6) is -0.637. The summed E-state index contributed by atoms with van der Waals surface area (Å²) in [7, 11) is 1.49. The predicted octanol–water partition coefficient (Wildman–Crippen LogP) is 4.81. The Labute approximate surface area is 190 Å². The lowest BCUT2D eigenvalue weighted by Gasteiger charge is -2.17. The third-order valence-electron chi connectivity index (χ3n) is 5.12. The Bertz CT molecular complexity index is 1280. The molecule has 0 bridgehead atoms. The van der Waals surface area contributed by atoms with E-state index in [1.807, 2.05) is 24.3 Å². The van der Waals surface area contributed by atoms with E-state index in [1.165, 1.54) is 7.11 Å². The van der Waals surface area contributed by atoms with Crippen LogP contribution in [0.3, 0.4) is 0 Å². The highest BCUT2D eigenvalue weighted by Gasteiger charge is 2.36. The average molecular weight is 444 g/mol. The summed E-state index contributed by atoms with van der Waals surface area (Å²) in [4.78, 5) is 28.0. The number of rotatable bonds is 5. The molecule has 0 aromatic heterocycles. The Morgan fingerprint density at radius 3 is 2.47 bits per heavy atom. The highest BCUT2D eigenvalue weighted by molar-refractivity contribution is 6.37. The molecule has 0 aliphatic carbocycles. The van der Waals surface area contributed by atoms with Crippen molar-refractivity contribution in [3.63, 3.8) is 0 Å². The predicted molar refractivity (Wildman–Crippen MR) is 123 cm³/mol. The number of nitrogens with one attached hydrogen (secondary N) is 1. The highest BCUT2D eigenvalue weighted by Crippen LogP contribution is 2.39. The first-order valence-electron chi connectivity index (χ1n) is 9.78. The quantitative estimate of drug-likeness (QED) is 0.453. The van der Waals surface area contributed by atoms with Crippen molar-refractivity contribution in [1.82, 2.24) is 0 Å². The number of benzene rings is 3. The molecule has 1 aliphatic heterocycles. The first kappa shape index (κ1) is 21.2. The number of ether oxygens (including phenoxy) is 1. The zero-order valence-electron chi connectivity index (χ0n) is 17.1. The number of carbonyl (C=O) groups excluding carboxylic acids is 2. The number of hydrogen-bond acceptors (Lipinski definition) is 4. The Morgan fingerprint density at radius 1 is 1.06 bits per heavy atom. The summed E-state index contributed by atoms with van der Waals surface area (Å²) < 4.78 is 5.26. The summed E-state index contributed by atoms with van der Waals surface area (Å²) in [6.45, 7) is 0.281. The summed E-state index contributed by atoms with van der Waals surface area (Å²) in [5.41, 5.74) is 2.27. The van der Waals surface area contributed by atoms with Gasteiger partial charge in [-0.15, -0.1) is 0 Å². The van der Waals surface area contributed by atoms with Gasteiger partial charge in [-0.3, -0.25) is 9.59 Å². The number of nitrogens with zero attached hydrogens (tertiary/aromatic N) is 2. The van der Waals surface area contributed by atoms with Crippen LogP contribution in [0.15, 0.2) is 78.4 Å². The van der Waals surface area contributed by atoms with E-state index in [2.05, 4.69) is 5.32 Å². The standard InChI is InChI=1S/C25H18ClN3O3/c1-32-22-9-5-3-7-20(22)28-24(30)19(14-27)23-18-6-2-4-8-21(18)29(25(23)31)15-16-10-12-17(26)13-11-16/h2-13H,15H2,1H3,(H,28,30)/b23-19+. The Hall–Kier alpha value is -4.08. The normalized spacial score (nSPS) is 13.9. The molecule has 1 heterocycles. The zero-order chi connectivity index (χ0) is 22.7. The van der Waals surface area contributed by atoms with Crippen LogP contribution < -0.4 is 15.0 Å². The molecule has 2 amide bonds. The molecule has 32 heavy (non-hydrogen) atoms. The van der Waals surface area contributed by atoms with Crippen LogP contribution in [0.2, 0.25) is 5.02 Å². The molecule has 6 nitrogen and oxygen atoms in total. The van der Waals surface area contributed by atoms with Gasteiger partial charge in [0.05, 0.1) is 30.6 Å². The molecular formula is C25H18ClN3O3. The number of hydrogen-bond donors (Lipinski definition) is 1. The number of halogens is 1. The molecule has 1 N–H and O–H groups in total. The van der Waals surface area contributed by atoms with Gasteiger partial charge in [0.1, 0.15) is 17.4 Å². The Balaban J connectivity index is 1.73. The van der Waals surface area contributed by atoms with E-state index in [9.17, 15) is 14.9 Å². The van der Waals surface area contributed by atoms with Gasteiger partial charge >= 0.3 is 0 Å². The molecule has 3 aromatic rings. The van der Waals surface area contributed by atoms with Crippen LogP contribution >= 0.6 is 11.6 Å². The molecule has 0 spiro atoms. The van der Waals surface area contributed by atoms with Gasteiger partial charge in [-0.05, 0) is 35.9 Å². The van der Waals surface area contributed by atoms with Crippen LogP contribution in [-0.4, -0.2) is 18.9 Å². The smallest absolute Gasteiger partial charge is 0.267 e. The zero-order valence-corrected chi connectivity index (χ0v) is 17.9. The van der Waals surface area contributed by atoms with Crippen LogP contribution in [0, 0.1) is 11.3 Å². The maximum Gasteiger partial charge on any atom is 0.267 e. The minimum absolute atomic E-state index is 0.0736. The second-order valence-corrected chi connectivity index (χ2v) is 7.49. The fraction of sp³-hybridized carbons (Fsp3) is 0.0800. The van der Waals surface area contributed by atoms with Crippen LogP contribution in [0.4, 0.5) is 11.4 Å². The summed E-state index contributed by atoms with van der Waals surface area (Å²) >= 11 is 5.97. The SMILES string of the molecule is COc1ccccc1NC(=O)/C(C#N)=C1/C(=O)N(Cc2ccc(Cl)cc2)c2ccccc21. The van der Waals surface area contributed by atoms with Crippen LogP contribution in [0.25, 0.3) is 5.57 Å². The van der Waals surface area contributed by atoms with Crippen molar-refractivity contribution in [2.75, 3.05) is 17.3 Å². The number of para-hydroxylation sites is 3. The molecule has 4 rings (SSSR count). The first-order valence-corrected chi connectivity index (χ1v) is 10.2. The number of nitriles is 1. The summed E-state index contributed by atoms with van der Waals surface area (Å²) in [6.07, 6.45) is 0. The Kier molecular flexibility index (Phi) is 5.93. The van der Waals surface area contributed by atoms with E-state index in [0.29, 0.717) is 27.7 Å². The molecule has 0 saturated carbocycles. The third-order valence-corrected chi connectivity index (χ3v) is 5.37. The molecule has 0 unspecified atom stereocenters. The van der Waals surface area contributed by atoms with Gasteiger partial charge in [-0.25, -0.2) is 0 Å². The van der Waals surface area contributed by atoms with E-state index < -0.39 is 11.8 Å². The number of amides is 2. The van der Waals surface area contributed by atoms with Crippen LogP contribution in [-0.2, 0) is 16.1 Å². The van der Waals surface area contributed by atoms with Gasteiger partial charge < -0.3 is 15.0 Å². The maximum absolute atomic E-state index is 13.4. The topological polar surface area (TPSA) is 82.4 Å². The van der Waals surface area contributed by atoms with Crippen molar-refractivity contribution < 1.29 is 14.3 Å². The van der Waals surface area contributed by atoms with E-state index in [4.69, 9.17) is 16.3 Å². The van der Waals surface area contributed by atoms with Crippen molar-refractivity contribution in [3.8, 4) is 11.8 Å². The van der Waals surface area contributed by atoms with Gasteiger partial charge in [-0.2, -0.15) is 5.26 Å². The van der Waals surface area contributed by atoms with Gasteiger partial charge in [0, 0.05) is 10.6 Å². The minimum atomic E-state index is -0.677. The minimum Gasteiger partial charge on any atom is -0.495 e. The van der Waals surface area contributed by atoms with Crippen molar-refractivity contribution in [1.29, 1.82) is 5.26 Å². The fourth-order valence-corrected chi connectivity index (χ4v) is 3.73. The molecule has 158 valence electrons. The second kappa shape index (κ2) is 8.96. The molecular weight excluding hydrogens is 426 g/mol. The lowest BCUT2D eigenvalue weighted by atomic mass is 10.0. The first-order chi connectivity index (χ1) is 15.5. The van der Waals surface area contributed by atoms with Crippen LogP contribution in [0.5, 0.6) is 5.75 Å². The van der Waals surface area contributed by atoms with Crippen LogP contribution in [0.1, 0.15) is 11.1 Å². The fourth-order valence-electron chi connectivity index (χ4n) is 3.60. The van der Waals surface area contributed by atoms with Crippen molar-refractivity contribution in [2.45, 2.75) is 6.54 Å². The van der Waals surface area contributed by atoms with Gasteiger partial charge in [0.25, 0.3) is 11.8 Å². The largest absolute Gasteiger partial charge is 0.495 e. The van der Waals surface area contributed by atoms with E-state index in [0.717, 1.165) is 5.56 Å². The van der Waals surface area contributed by atoms with Gasteiger partial charge in [-0.1, -0.05) is 54.1 Å². The van der Waals surface area contributed by atoms with Gasteiger partial charge in [0.15, 0.2) is 0 Å². The van der Waals surface area contributed by atoms with E-state index in [-0.39, 0.29) is 17.7 Å². The number of carbonyl (C=O) groups is 2. The van der Waals surface area contributed by atoms with Gasteiger partial charge in [0.2, 0.25) is 0 Å². The molecule has 0 radical (unpaired) electrons. The van der Waals surface area contributed by atoms with Crippen molar-refractivity contribution >= 4 is 40.4 Å². The third kappa shape index (κ3) is 3.94. The Morgan fingerprint density at radius 2 is 1.75 bits per heavy atom. The number of fused-ring (bicyclic) bond motifs is 1. The summed E-state index contributed by atoms with van der Waals surface area (Å²) in [5, 5.41) is 13.1. The molecule has 0 atom stereocenters. The highest BCUT2D eigenvalue weighted by atomic mass is 35.5. The number of methoxy groups -OCH3 is 1. The van der Waals surface area contributed by atoms with E-state index >= 15 is 0 Å². The molecule has 0 saturated heterocycles. The molecule has 3 aromatic carbocycles. The number of anilines is 2. The molecule has 1 aliphatic rings. The lowest BCUT2D eigenvalue weighted by Crippen LogP contribution is -2.27. The van der Waals surface area contributed by atoms with E-state index in [1.54, 1.807) is 59.5 Å². The molecule has 7 heteroatoms. The lowest BCUT2D eigenvalue weighted by molar-refractivity contribution is -0.114. The maximum atomic E-state index is 13.4. The molecule has 0 fully saturated rings.